The first-order valence-electron chi connectivity index (χ1n) is 13.5. The second kappa shape index (κ2) is 7.87. The molecule has 5 fully saturated rings. The maximum absolute atomic E-state index is 13.3. The monoisotopic (exact) mass is 488 g/mol. The van der Waals surface area contributed by atoms with Gasteiger partial charge >= 0.3 is 11.9 Å². The Morgan fingerprint density at radius 3 is 2.43 bits per heavy atom. The summed E-state index contributed by atoms with van der Waals surface area (Å²) in [6.45, 7) is 11.0. The van der Waals surface area contributed by atoms with Crippen LogP contribution in [-0.4, -0.2) is 46.9 Å². The summed E-state index contributed by atoms with van der Waals surface area (Å²) in [6, 6.07) is 0. The van der Waals surface area contributed by atoms with Crippen LogP contribution in [0.25, 0.3) is 0 Å². The zero-order valence-corrected chi connectivity index (χ0v) is 22.0. The number of carbonyl (C=O) groups excluding carboxylic acids is 4. The van der Waals surface area contributed by atoms with Gasteiger partial charge in [0, 0.05) is 37.0 Å². The van der Waals surface area contributed by atoms with Crippen molar-refractivity contribution >= 4 is 23.5 Å². The van der Waals surface area contributed by atoms with Crippen LogP contribution in [0, 0.1) is 34.5 Å². The molecule has 5 rings (SSSR count). The first kappa shape index (κ1) is 24.9. The van der Waals surface area contributed by atoms with Crippen molar-refractivity contribution in [2.75, 3.05) is 0 Å². The highest BCUT2D eigenvalue weighted by molar-refractivity contribution is 5.81. The number of hydrogen-bond donors (Lipinski definition) is 0. The van der Waals surface area contributed by atoms with Gasteiger partial charge in [0.25, 0.3) is 0 Å². The predicted octanol–water partition coefficient (Wildman–Crippen LogP) is 4.19. The molecule has 1 heterocycles. The van der Waals surface area contributed by atoms with Crippen LogP contribution in [-0.2, 0) is 33.4 Å². The van der Waals surface area contributed by atoms with Crippen molar-refractivity contribution in [2.45, 2.75) is 116 Å². The van der Waals surface area contributed by atoms with E-state index in [1.807, 2.05) is 20.8 Å². The summed E-state index contributed by atoms with van der Waals surface area (Å²) in [5.74, 6) is -1.06. The average Bonchev–Trinajstić information content (AvgIpc) is 3.34. The molecule has 1 saturated heterocycles. The normalized spacial score (nSPS) is 48.5. The van der Waals surface area contributed by atoms with Crippen LogP contribution in [0.5, 0.6) is 0 Å². The Hall–Kier alpha value is -1.76. The van der Waals surface area contributed by atoms with Crippen molar-refractivity contribution in [3.05, 3.63) is 0 Å². The van der Waals surface area contributed by atoms with E-state index in [1.165, 1.54) is 6.92 Å². The minimum Gasteiger partial charge on any atom is -0.458 e. The summed E-state index contributed by atoms with van der Waals surface area (Å²) in [4.78, 5) is 51.1. The molecular weight excluding hydrogens is 448 g/mol. The van der Waals surface area contributed by atoms with Gasteiger partial charge in [-0.2, -0.15) is 0 Å². The molecule has 0 aromatic carbocycles. The molecule has 1 unspecified atom stereocenters. The third-order valence-corrected chi connectivity index (χ3v) is 11.1. The Balaban J connectivity index is 1.68. The van der Waals surface area contributed by atoms with Gasteiger partial charge in [0.15, 0.2) is 0 Å². The van der Waals surface area contributed by atoms with E-state index in [1.54, 1.807) is 6.92 Å². The van der Waals surface area contributed by atoms with E-state index in [4.69, 9.17) is 14.2 Å². The van der Waals surface area contributed by atoms with Gasteiger partial charge in [-0.25, -0.2) is 0 Å². The molecule has 0 bridgehead atoms. The van der Waals surface area contributed by atoms with E-state index in [2.05, 4.69) is 6.92 Å². The van der Waals surface area contributed by atoms with Crippen molar-refractivity contribution in [3.63, 3.8) is 0 Å². The van der Waals surface area contributed by atoms with Gasteiger partial charge < -0.3 is 14.2 Å². The average molecular weight is 489 g/mol. The third kappa shape index (κ3) is 3.05. The number of ether oxygens (including phenoxy) is 3. The molecule has 0 aromatic heterocycles. The molecule has 0 N–H and O–H groups in total. The largest absolute Gasteiger partial charge is 0.458 e. The fraction of sp³-hybridized carbons (Fsp3) is 0.857. The van der Waals surface area contributed by atoms with Gasteiger partial charge in [-0.15, -0.1) is 0 Å². The molecule has 0 radical (unpaired) electrons. The van der Waals surface area contributed by atoms with E-state index < -0.39 is 34.8 Å². The molecule has 1 aliphatic heterocycles. The Bertz CT molecular complexity index is 974. The number of ketones is 2. The molecule has 35 heavy (non-hydrogen) atoms. The number of epoxide rings is 1. The highest BCUT2D eigenvalue weighted by atomic mass is 16.7. The quantitative estimate of drug-likeness (QED) is 0.423. The zero-order valence-electron chi connectivity index (χ0n) is 22.0. The first-order valence-corrected chi connectivity index (χ1v) is 13.5. The first-order chi connectivity index (χ1) is 16.4. The summed E-state index contributed by atoms with van der Waals surface area (Å²) in [6.07, 6.45) is 3.94. The van der Waals surface area contributed by atoms with Crippen molar-refractivity contribution in [3.8, 4) is 0 Å². The molecule has 7 nitrogen and oxygen atoms in total. The minimum absolute atomic E-state index is 0.0563. The molecule has 0 amide bonds. The molecule has 0 aromatic rings. The van der Waals surface area contributed by atoms with Crippen LogP contribution in [0.1, 0.15) is 92.9 Å². The molecule has 4 saturated carbocycles. The van der Waals surface area contributed by atoms with Crippen LogP contribution < -0.4 is 0 Å². The van der Waals surface area contributed by atoms with Crippen LogP contribution in [0.2, 0.25) is 0 Å². The van der Waals surface area contributed by atoms with Crippen molar-refractivity contribution < 1.29 is 33.4 Å². The number of fused-ring (bicyclic) bond motifs is 2. The maximum Gasteiger partial charge on any atom is 0.309 e. The lowest BCUT2D eigenvalue weighted by Crippen LogP contribution is -2.70. The van der Waals surface area contributed by atoms with Crippen LogP contribution in [0.15, 0.2) is 0 Å². The third-order valence-electron chi connectivity index (χ3n) is 11.1. The molecular formula is C28H40O7. The number of esters is 2. The fourth-order valence-corrected chi connectivity index (χ4v) is 9.15. The van der Waals surface area contributed by atoms with E-state index in [0.717, 1.165) is 19.3 Å². The number of carbonyl (C=O) groups is 4. The fourth-order valence-electron chi connectivity index (χ4n) is 9.15. The Labute approximate surface area is 208 Å². The summed E-state index contributed by atoms with van der Waals surface area (Å²) in [7, 11) is 0. The Kier molecular flexibility index (Phi) is 5.60. The molecule has 4 aliphatic carbocycles. The second-order valence-electron chi connectivity index (χ2n) is 12.5. The van der Waals surface area contributed by atoms with Gasteiger partial charge in [-0.3, -0.25) is 19.2 Å². The van der Waals surface area contributed by atoms with Gasteiger partial charge in [-0.1, -0.05) is 27.7 Å². The van der Waals surface area contributed by atoms with Crippen LogP contribution >= 0.6 is 0 Å². The molecule has 5 aliphatic rings. The molecule has 194 valence electrons. The van der Waals surface area contributed by atoms with E-state index in [0.29, 0.717) is 32.1 Å². The van der Waals surface area contributed by atoms with Gasteiger partial charge in [-0.05, 0) is 56.8 Å². The lowest BCUT2D eigenvalue weighted by atomic mass is 9.43. The lowest BCUT2D eigenvalue weighted by Gasteiger charge is -2.60. The summed E-state index contributed by atoms with van der Waals surface area (Å²) in [5, 5.41) is 0. The highest BCUT2D eigenvalue weighted by Crippen LogP contribution is 2.81. The lowest BCUT2D eigenvalue weighted by molar-refractivity contribution is -0.223. The van der Waals surface area contributed by atoms with E-state index >= 15 is 0 Å². The van der Waals surface area contributed by atoms with E-state index in [-0.39, 0.29) is 46.6 Å². The Morgan fingerprint density at radius 1 is 1.09 bits per heavy atom. The van der Waals surface area contributed by atoms with E-state index in [9.17, 15) is 19.2 Å². The predicted molar refractivity (Wildman–Crippen MR) is 126 cm³/mol. The summed E-state index contributed by atoms with van der Waals surface area (Å²) in [5.41, 5.74) is -2.19. The van der Waals surface area contributed by atoms with Gasteiger partial charge in [0.05, 0.1) is 5.92 Å². The van der Waals surface area contributed by atoms with Gasteiger partial charge in [0.1, 0.15) is 35.0 Å². The van der Waals surface area contributed by atoms with Crippen molar-refractivity contribution in [1.82, 2.24) is 0 Å². The minimum atomic E-state index is -0.783. The standard InChI is InChI=1S/C28H40O7/c1-7-15(2)24(32)34-21-22-25(5)11-9-19(31)14-18(25)8-12-27(22)28(35-27)13-10-20(16(3)29)26(28,6)23(21)33-17(4)30/h15,18,20-23H,7-14H2,1-6H3/t15?,18-,20+,21-,22+,23+,25-,26-,27-,28+/m0/s1. The zero-order chi connectivity index (χ0) is 25.6. The van der Waals surface area contributed by atoms with Crippen molar-refractivity contribution in [2.24, 2.45) is 34.5 Å². The Morgan fingerprint density at radius 2 is 1.80 bits per heavy atom. The van der Waals surface area contributed by atoms with Crippen molar-refractivity contribution in [1.29, 1.82) is 0 Å². The second-order valence-corrected chi connectivity index (χ2v) is 12.5. The maximum atomic E-state index is 13.3. The SMILES string of the molecule is CCC(C)C(=O)O[C@@H]1[C@@H](OC(C)=O)[C@]2(C)[C@@H](C(C)=O)CC[C@@]23O[C@]32CC[C@H]3CC(=O)CC[C@]3(C)[C@@H]12. The number of rotatable bonds is 5. The molecule has 7 heteroatoms. The molecule has 10 atom stereocenters. The summed E-state index contributed by atoms with van der Waals surface area (Å²) >= 11 is 0. The van der Waals surface area contributed by atoms with Gasteiger partial charge in [0.2, 0.25) is 0 Å². The topological polar surface area (TPSA) is 99.3 Å². The number of hydrogen-bond acceptors (Lipinski definition) is 7. The summed E-state index contributed by atoms with van der Waals surface area (Å²) < 4.78 is 19.3. The smallest absolute Gasteiger partial charge is 0.309 e. The number of Topliss-reactive ketones (excluding diaryl/α,β-unsaturated/α-hetero) is 2. The highest BCUT2D eigenvalue weighted by Gasteiger charge is 2.91. The molecule has 2 spiro atoms. The van der Waals surface area contributed by atoms with Crippen LogP contribution in [0.4, 0.5) is 0 Å². The van der Waals surface area contributed by atoms with Crippen LogP contribution in [0.3, 0.4) is 0 Å².